The van der Waals surface area contributed by atoms with Crippen molar-refractivity contribution in [3.05, 3.63) is 40.4 Å². The molecule has 20 heavy (non-hydrogen) atoms. The van der Waals surface area contributed by atoms with Gasteiger partial charge in [0.05, 0.1) is 6.04 Å². The van der Waals surface area contributed by atoms with Gasteiger partial charge in [-0.3, -0.25) is 0 Å². The number of hydrogen-bond acceptors (Lipinski definition) is 5. The highest BCUT2D eigenvalue weighted by Gasteiger charge is 2.30. The second-order valence-electron chi connectivity index (χ2n) is 4.63. The van der Waals surface area contributed by atoms with E-state index in [1.54, 1.807) is 6.07 Å². The predicted octanol–water partition coefficient (Wildman–Crippen LogP) is 3.07. The third-order valence-corrected chi connectivity index (χ3v) is 3.97. The minimum absolute atomic E-state index is 0.0211. The first kappa shape index (κ1) is 13.4. The minimum atomic E-state index is -0.858. The first-order valence-corrected chi connectivity index (χ1v) is 7.08. The van der Waals surface area contributed by atoms with Crippen molar-refractivity contribution in [3.63, 3.8) is 0 Å². The second-order valence-corrected chi connectivity index (χ2v) is 5.81. The van der Waals surface area contributed by atoms with E-state index in [9.17, 15) is 8.78 Å². The number of aromatic nitrogens is 2. The summed E-state index contributed by atoms with van der Waals surface area (Å²) in [6.45, 7) is 2.44. The second kappa shape index (κ2) is 5.41. The van der Waals surface area contributed by atoms with E-state index in [0.717, 1.165) is 17.5 Å². The van der Waals surface area contributed by atoms with Crippen LogP contribution in [0, 0.1) is 18.6 Å². The summed E-state index contributed by atoms with van der Waals surface area (Å²) in [7, 11) is 0. The van der Waals surface area contributed by atoms with Crippen LogP contribution in [-0.4, -0.2) is 22.8 Å². The Morgan fingerprint density at radius 2 is 2.15 bits per heavy atom. The first-order chi connectivity index (χ1) is 9.63. The zero-order valence-electron chi connectivity index (χ0n) is 10.8. The maximum absolute atomic E-state index is 13.3. The molecule has 0 saturated carbocycles. The smallest absolute Gasteiger partial charge is 0.205 e. The van der Waals surface area contributed by atoms with Gasteiger partial charge in [-0.1, -0.05) is 17.4 Å². The Morgan fingerprint density at radius 1 is 1.30 bits per heavy atom. The van der Waals surface area contributed by atoms with Crippen molar-refractivity contribution >= 4 is 16.5 Å². The number of rotatable bonds is 3. The molecule has 0 aliphatic carbocycles. The monoisotopic (exact) mass is 297 g/mol. The molecule has 1 aromatic heterocycles. The maximum Gasteiger partial charge on any atom is 0.205 e. The van der Waals surface area contributed by atoms with Crippen molar-refractivity contribution in [2.75, 3.05) is 11.9 Å². The van der Waals surface area contributed by atoms with Crippen LogP contribution in [-0.2, 0) is 4.74 Å². The van der Waals surface area contributed by atoms with Crippen LogP contribution in [0.1, 0.15) is 23.1 Å². The van der Waals surface area contributed by atoms with Crippen LogP contribution in [0.5, 0.6) is 0 Å². The average Bonchev–Trinajstić information content (AvgIpc) is 3.03. The molecule has 4 nitrogen and oxygen atoms in total. The molecule has 0 bridgehead atoms. The van der Waals surface area contributed by atoms with E-state index in [-0.39, 0.29) is 12.1 Å². The van der Waals surface area contributed by atoms with Crippen LogP contribution in [0.4, 0.5) is 13.9 Å². The zero-order chi connectivity index (χ0) is 14.1. The molecular formula is C13H13F2N3OS. The summed E-state index contributed by atoms with van der Waals surface area (Å²) in [6.07, 6.45) is 0.469. The molecule has 2 aromatic rings. The molecule has 1 fully saturated rings. The molecule has 1 N–H and O–H groups in total. The molecule has 2 heterocycles. The number of nitrogens with zero attached hydrogens (tertiary/aromatic N) is 2. The van der Waals surface area contributed by atoms with Crippen LogP contribution < -0.4 is 5.32 Å². The Hall–Kier alpha value is -1.60. The molecule has 0 radical (unpaired) electrons. The lowest BCUT2D eigenvalue weighted by Gasteiger charge is -2.19. The van der Waals surface area contributed by atoms with E-state index < -0.39 is 11.6 Å². The van der Waals surface area contributed by atoms with Crippen LogP contribution >= 0.6 is 11.3 Å². The van der Waals surface area contributed by atoms with Crippen molar-refractivity contribution in [2.45, 2.75) is 25.5 Å². The Kier molecular flexibility index (Phi) is 3.62. The van der Waals surface area contributed by atoms with Crippen LogP contribution in [0.25, 0.3) is 0 Å². The summed E-state index contributed by atoms with van der Waals surface area (Å²) in [6, 6.07) is 3.84. The molecule has 2 atom stereocenters. The van der Waals surface area contributed by atoms with Gasteiger partial charge in [0, 0.05) is 6.61 Å². The molecule has 3 rings (SSSR count). The Bertz CT molecular complexity index is 619. The highest BCUT2D eigenvalue weighted by atomic mass is 32.1. The van der Waals surface area contributed by atoms with E-state index in [2.05, 4.69) is 15.5 Å². The fraction of sp³-hybridized carbons (Fsp3) is 0.385. The number of nitrogens with one attached hydrogen (secondary N) is 1. The zero-order valence-corrected chi connectivity index (χ0v) is 11.6. The molecule has 1 aromatic carbocycles. The molecule has 1 saturated heterocycles. The number of aryl methyl sites for hydroxylation is 1. The van der Waals surface area contributed by atoms with Crippen LogP contribution in [0.3, 0.4) is 0 Å². The molecule has 1 aliphatic rings. The SMILES string of the molecule is Cc1nnc(NC2CCOC2c2ccc(F)c(F)c2)s1. The van der Waals surface area contributed by atoms with Gasteiger partial charge in [-0.25, -0.2) is 8.78 Å². The van der Waals surface area contributed by atoms with E-state index in [1.165, 1.54) is 17.4 Å². The molecule has 0 spiro atoms. The van der Waals surface area contributed by atoms with Gasteiger partial charge in [0.15, 0.2) is 11.6 Å². The minimum Gasteiger partial charge on any atom is -0.371 e. The predicted molar refractivity (Wildman–Crippen MR) is 71.7 cm³/mol. The Labute approximate surface area is 118 Å². The number of hydrogen-bond donors (Lipinski definition) is 1. The standard InChI is InChI=1S/C13H13F2N3OS/c1-7-17-18-13(20-7)16-11-4-5-19-12(11)8-2-3-9(14)10(15)6-8/h2-3,6,11-12H,4-5H2,1H3,(H,16,18). The fourth-order valence-electron chi connectivity index (χ4n) is 2.27. The summed E-state index contributed by atoms with van der Waals surface area (Å²) >= 11 is 1.45. The summed E-state index contributed by atoms with van der Waals surface area (Å²) in [5, 5.41) is 12.8. The van der Waals surface area contributed by atoms with Gasteiger partial charge in [-0.05, 0) is 31.0 Å². The number of anilines is 1. The van der Waals surface area contributed by atoms with Crippen molar-refractivity contribution in [1.82, 2.24) is 10.2 Å². The molecular weight excluding hydrogens is 284 g/mol. The fourth-order valence-corrected chi connectivity index (χ4v) is 2.92. The van der Waals surface area contributed by atoms with Gasteiger partial charge >= 0.3 is 0 Å². The largest absolute Gasteiger partial charge is 0.371 e. The van der Waals surface area contributed by atoms with Gasteiger partial charge in [0.25, 0.3) is 0 Å². The van der Waals surface area contributed by atoms with E-state index in [1.807, 2.05) is 6.92 Å². The van der Waals surface area contributed by atoms with Gasteiger partial charge in [-0.2, -0.15) is 0 Å². The van der Waals surface area contributed by atoms with Gasteiger partial charge in [0.2, 0.25) is 5.13 Å². The average molecular weight is 297 g/mol. The van der Waals surface area contributed by atoms with Crippen LogP contribution in [0.15, 0.2) is 18.2 Å². The van der Waals surface area contributed by atoms with Gasteiger partial charge in [0.1, 0.15) is 11.1 Å². The third-order valence-electron chi connectivity index (χ3n) is 3.20. The topological polar surface area (TPSA) is 47.0 Å². The Balaban J connectivity index is 1.79. The molecule has 0 amide bonds. The van der Waals surface area contributed by atoms with Gasteiger partial charge in [-0.15, -0.1) is 10.2 Å². The number of halogens is 2. The highest BCUT2D eigenvalue weighted by Crippen LogP contribution is 2.32. The maximum atomic E-state index is 13.3. The van der Waals surface area contributed by atoms with Crippen LogP contribution in [0.2, 0.25) is 0 Å². The van der Waals surface area contributed by atoms with E-state index >= 15 is 0 Å². The molecule has 7 heteroatoms. The molecule has 1 aliphatic heterocycles. The van der Waals surface area contributed by atoms with Crippen molar-refractivity contribution in [1.29, 1.82) is 0 Å². The van der Waals surface area contributed by atoms with Crippen molar-refractivity contribution in [2.24, 2.45) is 0 Å². The first-order valence-electron chi connectivity index (χ1n) is 6.26. The van der Waals surface area contributed by atoms with Gasteiger partial charge < -0.3 is 10.1 Å². The highest BCUT2D eigenvalue weighted by molar-refractivity contribution is 7.15. The summed E-state index contributed by atoms with van der Waals surface area (Å²) < 4.78 is 31.9. The normalized spacial score (nSPS) is 22.1. The lowest BCUT2D eigenvalue weighted by molar-refractivity contribution is 0.107. The number of ether oxygens (including phenoxy) is 1. The Morgan fingerprint density at radius 3 is 2.85 bits per heavy atom. The number of benzene rings is 1. The quantitative estimate of drug-likeness (QED) is 0.946. The lowest BCUT2D eigenvalue weighted by atomic mass is 10.0. The summed E-state index contributed by atoms with van der Waals surface area (Å²) in [4.78, 5) is 0. The van der Waals surface area contributed by atoms with Crippen molar-refractivity contribution in [3.8, 4) is 0 Å². The van der Waals surface area contributed by atoms with E-state index in [0.29, 0.717) is 17.3 Å². The lowest BCUT2D eigenvalue weighted by Crippen LogP contribution is -2.23. The molecule has 2 unspecified atom stereocenters. The van der Waals surface area contributed by atoms with E-state index in [4.69, 9.17) is 4.74 Å². The molecule has 106 valence electrons. The third kappa shape index (κ3) is 2.64. The summed E-state index contributed by atoms with van der Waals surface area (Å²) in [5.41, 5.74) is 0.625. The summed E-state index contributed by atoms with van der Waals surface area (Å²) in [5.74, 6) is -1.71. The van der Waals surface area contributed by atoms with Crippen molar-refractivity contribution < 1.29 is 13.5 Å².